The van der Waals surface area contributed by atoms with Gasteiger partial charge in [-0.3, -0.25) is 4.79 Å². The molecule has 1 amide bonds. The molecule has 0 aliphatic rings. The summed E-state index contributed by atoms with van der Waals surface area (Å²) in [5.74, 6) is -0.569. The smallest absolute Gasteiger partial charge is 0.252 e. The maximum absolute atomic E-state index is 12.9. The van der Waals surface area contributed by atoms with E-state index in [0.29, 0.717) is 17.7 Å². The Labute approximate surface area is 94.8 Å². The molecule has 1 aromatic carbocycles. The zero-order valence-electron chi connectivity index (χ0n) is 9.80. The van der Waals surface area contributed by atoms with Gasteiger partial charge in [0, 0.05) is 17.6 Å². The monoisotopic (exact) mass is 224 g/mol. The lowest BCUT2D eigenvalue weighted by Gasteiger charge is -2.24. The van der Waals surface area contributed by atoms with Crippen LogP contribution in [0.2, 0.25) is 0 Å². The predicted molar refractivity (Wildman–Crippen MR) is 61.7 cm³/mol. The van der Waals surface area contributed by atoms with Gasteiger partial charge in [-0.15, -0.1) is 0 Å². The summed E-state index contributed by atoms with van der Waals surface area (Å²) in [6, 6.07) is 4.09. The average Bonchev–Trinajstić information content (AvgIpc) is 2.16. The molecule has 0 saturated carbocycles. The van der Waals surface area contributed by atoms with Crippen molar-refractivity contribution in [2.75, 3.05) is 6.54 Å². The van der Waals surface area contributed by atoms with Crippen molar-refractivity contribution in [3.8, 4) is 0 Å². The number of amides is 1. The Morgan fingerprint density at radius 3 is 2.62 bits per heavy atom. The average molecular weight is 224 g/mol. The first-order valence-electron chi connectivity index (χ1n) is 5.14. The third kappa shape index (κ3) is 3.03. The van der Waals surface area contributed by atoms with Gasteiger partial charge in [0.1, 0.15) is 5.82 Å². The molecule has 0 unspecified atom stereocenters. The first-order valence-corrected chi connectivity index (χ1v) is 5.14. The van der Waals surface area contributed by atoms with Gasteiger partial charge >= 0.3 is 0 Å². The van der Waals surface area contributed by atoms with E-state index < -0.39 is 5.54 Å². The van der Waals surface area contributed by atoms with Crippen LogP contribution in [0.15, 0.2) is 18.2 Å². The van der Waals surface area contributed by atoms with Crippen LogP contribution < -0.4 is 11.1 Å². The normalized spacial score (nSPS) is 11.3. The van der Waals surface area contributed by atoms with E-state index in [4.69, 9.17) is 5.73 Å². The van der Waals surface area contributed by atoms with E-state index in [1.54, 1.807) is 6.92 Å². The van der Waals surface area contributed by atoms with Crippen LogP contribution in [-0.4, -0.2) is 18.0 Å². The van der Waals surface area contributed by atoms with Crippen molar-refractivity contribution in [3.63, 3.8) is 0 Å². The molecule has 4 heteroatoms. The molecule has 88 valence electrons. The number of aryl methyl sites for hydroxylation is 1. The summed E-state index contributed by atoms with van der Waals surface area (Å²) >= 11 is 0. The highest BCUT2D eigenvalue weighted by molar-refractivity contribution is 5.96. The van der Waals surface area contributed by atoms with Crippen LogP contribution >= 0.6 is 0 Å². The van der Waals surface area contributed by atoms with Crippen molar-refractivity contribution in [2.24, 2.45) is 5.73 Å². The second kappa shape index (κ2) is 4.61. The Bertz CT molecular complexity index is 402. The van der Waals surface area contributed by atoms with Gasteiger partial charge in [-0.1, -0.05) is 0 Å². The summed E-state index contributed by atoms with van der Waals surface area (Å²) in [5.41, 5.74) is 6.15. The molecule has 1 rings (SSSR count). The molecule has 0 saturated heterocycles. The molecule has 0 atom stereocenters. The largest absolute Gasteiger partial charge is 0.346 e. The molecular formula is C12H17FN2O. The summed E-state index contributed by atoms with van der Waals surface area (Å²) in [6.07, 6.45) is 0. The number of nitrogens with one attached hydrogen (secondary N) is 1. The minimum absolute atomic E-state index is 0.229. The van der Waals surface area contributed by atoms with E-state index >= 15 is 0 Å². The quantitative estimate of drug-likeness (QED) is 0.819. The zero-order valence-corrected chi connectivity index (χ0v) is 9.80. The zero-order chi connectivity index (χ0) is 12.3. The van der Waals surface area contributed by atoms with Crippen molar-refractivity contribution in [2.45, 2.75) is 26.3 Å². The van der Waals surface area contributed by atoms with E-state index in [9.17, 15) is 9.18 Å². The summed E-state index contributed by atoms with van der Waals surface area (Å²) < 4.78 is 12.9. The summed E-state index contributed by atoms with van der Waals surface area (Å²) in [7, 11) is 0. The Balaban J connectivity index is 2.89. The number of rotatable bonds is 3. The minimum Gasteiger partial charge on any atom is -0.346 e. The molecule has 3 nitrogen and oxygen atoms in total. The van der Waals surface area contributed by atoms with Gasteiger partial charge < -0.3 is 11.1 Å². The molecule has 3 N–H and O–H groups in total. The Morgan fingerprint density at radius 1 is 1.50 bits per heavy atom. The van der Waals surface area contributed by atoms with Gasteiger partial charge in [-0.25, -0.2) is 4.39 Å². The van der Waals surface area contributed by atoms with Crippen molar-refractivity contribution in [1.29, 1.82) is 0 Å². The first kappa shape index (κ1) is 12.6. The van der Waals surface area contributed by atoms with Crippen molar-refractivity contribution >= 4 is 5.91 Å². The molecule has 0 spiro atoms. The van der Waals surface area contributed by atoms with Gasteiger partial charge in [0.25, 0.3) is 5.91 Å². The van der Waals surface area contributed by atoms with Gasteiger partial charge in [0.05, 0.1) is 0 Å². The number of carbonyl (C=O) groups is 1. The summed E-state index contributed by atoms with van der Waals surface area (Å²) in [6.45, 7) is 5.72. The highest BCUT2D eigenvalue weighted by atomic mass is 19.1. The minimum atomic E-state index is -0.460. The molecule has 0 fully saturated rings. The molecule has 16 heavy (non-hydrogen) atoms. The maximum Gasteiger partial charge on any atom is 0.252 e. The fourth-order valence-electron chi connectivity index (χ4n) is 1.31. The van der Waals surface area contributed by atoms with Gasteiger partial charge in [-0.2, -0.15) is 0 Å². The highest BCUT2D eigenvalue weighted by Gasteiger charge is 2.20. The molecule has 0 heterocycles. The van der Waals surface area contributed by atoms with E-state index in [0.717, 1.165) is 0 Å². The number of benzene rings is 1. The number of nitrogens with two attached hydrogens (primary N) is 1. The molecular weight excluding hydrogens is 207 g/mol. The first-order chi connectivity index (χ1) is 7.35. The van der Waals surface area contributed by atoms with Crippen molar-refractivity contribution in [1.82, 2.24) is 5.32 Å². The Kier molecular flexibility index (Phi) is 3.65. The fourth-order valence-corrected chi connectivity index (χ4v) is 1.31. The van der Waals surface area contributed by atoms with Crippen LogP contribution in [0.4, 0.5) is 4.39 Å². The van der Waals surface area contributed by atoms with Gasteiger partial charge in [0.2, 0.25) is 0 Å². The number of halogens is 1. The van der Waals surface area contributed by atoms with Crippen molar-refractivity contribution in [3.05, 3.63) is 35.1 Å². The predicted octanol–water partition coefficient (Wildman–Crippen LogP) is 1.60. The number of hydrogen-bond donors (Lipinski definition) is 2. The van der Waals surface area contributed by atoms with E-state index in [2.05, 4.69) is 5.32 Å². The van der Waals surface area contributed by atoms with E-state index in [-0.39, 0.29) is 11.7 Å². The third-order valence-corrected chi connectivity index (χ3v) is 2.40. The molecule has 1 aromatic rings. The lowest BCUT2D eigenvalue weighted by Crippen LogP contribution is -2.49. The van der Waals surface area contributed by atoms with Gasteiger partial charge in [-0.05, 0) is 44.5 Å². The molecule has 0 bridgehead atoms. The topological polar surface area (TPSA) is 55.1 Å². The summed E-state index contributed by atoms with van der Waals surface area (Å²) in [4.78, 5) is 11.9. The standard InChI is InChI=1S/C12H17FN2O/c1-8-6-9(13)4-5-10(8)11(16)15-12(2,3)7-14/h4-6H,7,14H2,1-3H3,(H,15,16). The second-order valence-corrected chi connectivity index (χ2v) is 4.50. The van der Waals surface area contributed by atoms with Crippen LogP contribution in [0.5, 0.6) is 0 Å². The van der Waals surface area contributed by atoms with Crippen LogP contribution in [0.3, 0.4) is 0 Å². The van der Waals surface area contributed by atoms with E-state index in [1.165, 1.54) is 18.2 Å². The number of carbonyl (C=O) groups excluding carboxylic acids is 1. The molecule has 0 aliphatic heterocycles. The van der Waals surface area contributed by atoms with Gasteiger partial charge in [0.15, 0.2) is 0 Å². The van der Waals surface area contributed by atoms with Crippen LogP contribution in [-0.2, 0) is 0 Å². The lowest BCUT2D eigenvalue weighted by atomic mass is 10.0. The Hall–Kier alpha value is -1.42. The van der Waals surface area contributed by atoms with E-state index in [1.807, 2.05) is 13.8 Å². The van der Waals surface area contributed by atoms with Crippen LogP contribution in [0.25, 0.3) is 0 Å². The van der Waals surface area contributed by atoms with Crippen LogP contribution in [0.1, 0.15) is 29.8 Å². The number of hydrogen-bond acceptors (Lipinski definition) is 2. The van der Waals surface area contributed by atoms with Crippen LogP contribution in [0, 0.1) is 12.7 Å². The summed E-state index contributed by atoms with van der Waals surface area (Å²) in [5, 5.41) is 2.80. The fraction of sp³-hybridized carbons (Fsp3) is 0.417. The molecule has 0 aromatic heterocycles. The second-order valence-electron chi connectivity index (χ2n) is 4.50. The Morgan fingerprint density at radius 2 is 2.12 bits per heavy atom. The highest BCUT2D eigenvalue weighted by Crippen LogP contribution is 2.11. The lowest BCUT2D eigenvalue weighted by molar-refractivity contribution is 0.0915. The third-order valence-electron chi connectivity index (χ3n) is 2.40. The molecule has 0 radical (unpaired) electrons. The van der Waals surface area contributed by atoms with Crippen molar-refractivity contribution < 1.29 is 9.18 Å². The molecule has 0 aliphatic carbocycles. The maximum atomic E-state index is 12.9. The SMILES string of the molecule is Cc1cc(F)ccc1C(=O)NC(C)(C)CN.